The van der Waals surface area contributed by atoms with Crippen molar-refractivity contribution >= 4 is 17.3 Å². The van der Waals surface area contributed by atoms with Gasteiger partial charge in [-0.15, -0.1) is 0 Å². The molecule has 0 bridgehead atoms. The topological polar surface area (TPSA) is 21.3 Å². The van der Waals surface area contributed by atoms with Gasteiger partial charge in [0, 0.05) is 16.6 Å². The fraction of sp³-hybridized carbons (Fsp3) is 0.167. The molecule has 2 nitrogen and oxygen atoms in total. The Hall–Kier alpha value is -2.71. The Morgan fingerprint density at radius 3 is 2.52 bits per heavy atom. The van der Waals surface area contributed by atoms with E-state index < -0.39 is 0 Å². The van der Waals surface area contributed by atoms with Crippen LogP contribution in [0.4, 0.5) is 5.69 Å². The minimum Gasteiger partial charge on any atom is -0.457 e. The number of rotatable bonds is 3. The fourth-order valence-corrected chi connectivity index (χ4v) is 4.39. The van der Waals surface area contributed by atoms with Crippen molar-refractivity contribution < 1.29 is 4.74 Å². The number of allylic oxidation sites excluding steroid dienone is 2. The van der Waals surface area contributed by atoms with Crippen LogP contribution >= 0.6 is 11.6 Å². The van der Waals surface area contributed by atoms with Crippen LogP contribution in [0.3, 0.4) is 0 Å². The van der Waals surface area contributed by atoms with Crippen molar-refractivity contribution in [3.8, 4) is 11.5 Å². The Labute approximate surface area is 164 Å². The third-order valence-corrected chi connectivity index (χ3v) is 5.79. The molecule has 1 heterocycles. The van der Waals surface area contributed by atoms with E-state index in [9.17, 15) is 0 Å². The first kappa shape index (κ1) is 16.5. The van der Waals surface area contributed by atoms with Gasteiger partial charge < -0.3 is 10.1 Å². The summed E-state index contributed by atoms with van der Waals surface area (Å²) < 4.78 is 6.05. The van der Waals surface area contributed by atoms with Crippen LogP contribution in [0.15, 0.2) is 84.9 Å². The maximum absolute atomic E-state index is 6.08. The SMILES string of the molecule is Clc1ccc(C2Nc3ccc(Oc4ccccc4)cc3C3C=CCC32)cc1. The summed E-state index contributed by atoms with van der Waals surface area (Å²) in [6.07, 6.45) is 5.73. The van der Waals surface area contributed by atoms with E-state index in [1.165, 1.54) is 16.8 Å². The van der Waals surface area contributed by atoms with Gasteiger partial charge in [0.2, 0.25) is 0 Å². The van der Waals surface area contributed by atoms with Crippen LogP contribution < -0.4 is 10.1 Å². The van der Waals surface area contributed by atoms with E-state index >= 15 is 0 Å². The Morgan fingerprint density at radius 2 is 1.70 bits per heavy atom. The fourth-order valence-electron chi connectivity index (χ4n) is 4.26. The van der Waals surface area contributed by atoms with Crippen LogP contribution in [0.2, 0.25) is 5.02 Å². The number of anilines is 1. The molecule has 0 radical (unpaired) electrons. The number of nitrogens with one attached hydrogen (secondary N) is 1. The maximum Gasteiger partial charge on any atom is 0.127 e. The van der Waals surface area contributed by atoms with Gasteiger partial charge in [0.25, 0.3) is 0 Å². The number of ether oxygens (including phenoxy) is 1. The molecule has 1 aliphatic heterocycles. The lowest BCUT2D eigenvalue weighted by molar-refractivity contribution is 0.422. The van der Waals surface area contributed by atoms with Crippen LogP contribution in [0.1, 0.15) is 29.5 Å². The highest BCUT2D eigenvalue weighted by Gasteiger charge is 2.38. The summed E-state index contributed by atoms with van der Waals surface area (Å²) >= 11 is 6.08. The van der Waals surface area contributed by atoms with Gasteiger partial charge in [0.1, 0.15) is 11.5 Å². The van der Waals surface area contributed by atoms with E-state index in [1.54, 1.807) is 0 Å². The lowest BCUT2D eigenvalue weighted by Gasteiger charge is -2.37. The number of hydrogen-bond acceptors (Lipinski definition) is 2. The Kier molecular flexibility index (Phi) is 4.14. The van der Waals surface area contributed by atoms with Crippen molar-refractivity contribution in [1.82, 2.24) is 0 Å². The van der Waals surface area contributed by atoms with Gasteiger partial charge in [-0.25, -0.2) is 0 Å². The zero-order chi connectivity index (χ0) is 18.2. The molecule has 0 saturated carbocycles. The smallest absolute Gasteiger partial charge is 0.127 e. The summed E-state index contributed by atoms with van der Waals surface area (Å²) in [4.78, 5) is 0. The highest BCUT2D eigenvalue weighted by Crippen LogP contribution is 2.50. The monoisotopic (exact) mass is 373 g/mol. The first-order valence-corrected chi connectivity index (χ1v) is 9.71. The number of benzene rings is 3. The molecule has 0 spiro atoms. The quantitative estimate of drug-likeness (QED) is 0.501. The molecule has 5 rings (SSSR count). The average molecular weight is 374 g/mol. The van der Waals surface area contributed by atoms with Crippen LogP contribution in [0, 0.1) is 5.92 Å². The van der Waals surface area contributed by atoms with Crippen LogP contribution in [0.25, 0.3) is 0 Å². The molecule has 3 atom stereocenters. The molecular formula is C24H20ClNO. The highest BCUT2D eigenvalue weighted by molar-refractivity contribution is 6.30. The Bertz CT molecular complexity index is 981. The summed E-state index contributed by atoms with van der Waals surface area (Å²) in [6.45, 7) is 0. The summed E-state index contributed by atoms with van der Waals surface area (Å²) in [5.41, 5.74) is 3.78. The maximum atomic E-state index is 6.08. The van der Waals surface area contributed by atoms with Gasteiger partial charge in [0.05, 0.1) is 6.04 Å². The highest BCUT2D eigenvalue weighted by atomic mass is 35.5. The normalized spacial score (nSPS) is 22.6. The molecule has 134 valence electrons. The number of fused-ring (bicyclic) bond motifs is 3. The molecule has 3 aromatic carbocycles. The van der Waals surface area contributed by atoms with Crippen molar-refractivity contribution in [3.05, 3.63) is 101 Å². The second-order valence-electron chi connectivity index (χ2n) is 7.19. The van der Waals surface area contributed by atoms with Gasteiger partial charge in [-0.05, 0) is 65.9 Å². The molecule has 3 aromatic rings. The second kappa shape index (κ2) is 6.79. The molecule has 3 heteroatoms. The molecule has 1 aliphatic carbocycles. The summed E-state index contributed by atoms with van der Waals surface area (Å²) in [5, 5.41) is 4.53. The zero-order valence-electron chi connectivity index (χ0n) is 14.8. The van der Waals surface area contributed by atoms with Crippen LogP contribution in [0.5, 0.6) is 11.5 Å². The third-order valence-electron chi connectivity index (χ3n) is 5.54. The van der Waals surface area contributed by atoms with E-state index in [1.807, 2.05) is 48.5 Å². The lowest BCUT2D eigenvalue weighted by Crippen LogP contribution is -2.29. The minimum absolute atomic E-state index is 0.288. The largest absolute Gasteiger partial charge is 0.457 e. The molecule has 0 aromatic heterocycles. The van der Waals surface area contributed by atoms with Crippen molar-refractivity contribution in [2.75, 3.05) is 5.32 Å². The van der Waals surface area contributed by atoms with Crippen molar-refractivity contribution in [2.24, 2.45) is 5.92 Å². The first-order chi connectivity index (χ1) is 13.3. The molecule has 0 amide bonds. The molecule has 3 unspecified atom stereocenters. The second-order valence-corrected chi connectivity index (χ2v) is 7.63. The van der Waals surface area contributed by atoms with Crippen molar-refractivity contribution in [1.29, 1.82) is 0 Å². The van der Waals surface area contributed by atoms with E-state index in [2.05, 4.69) is 41.7 Å². The van der Waals surface area contributed by atoms with Gasteiger partial charge in [-0.2, -0.15) is 0 Å². The van der Waals surface area contributed by atoms with Crippen molar-refractivity contribution in [3.63, 3.8) is 0 Å². The molecule has 2 aliphatic rings. The molecule has 1 N–H and O–H groups in total. The molecule has 0 fully saturated rings. The number of hydrogen-bond donors (Lipinski definition) is 1. The zero-order valence-corrected chi connectivity index (χ0v) is 15.6. The predicted molar refractivity (Wildman–Crippen MR) is 111 cm³/mol. The Balaban J connectivity index is 1.48. The van der Waals surface area contributed by atoms with E-state index in [-0.39, 0.29) is 6.04 Å². The summed E-state index contributed by atoms with van der Waals surface area (Å²) in [5.74, 6) is 2.65. The van der Waals surface area contributed by atoms with Crippen molar-refractivity contribution in [2.45, 2.75) is 18.4 Å². The molecule has 27 heavy (non-hydrogen) atoms. The standard InChI is InChI=1S/C24H20ClNO/c25-17-11-9-16(10-12-17)24-21-8-4-7-20(21)22-15-19(13-14-23(22)26-24)27-18-5-2-1-3-6-18/h1-7,9-15,20-21,24,26H,8H2. The average Bonchev–Trinajstić information content (AvgIpc) is 3.19. The van der Waals surface area contributed by atoms with E-state index in [4.69, 9.17) is 16.3 Å². The van der Waals surface area contributed by atoms with Gasteiger partial charge in [-0.1, -0.05) is 54.1 Å². The van der Waals surface area contributed by atoms with Gasteiger partial charge in [-0.3, -0.25) is 0 Å². The molecular weight excluding hydrogens is 354 g/mol. The number of para-hydroxylation sites is 1. The summed E-state index contributed by atoms with van der Waals surface area (Å²) in [7, 11) is 0. The van der Waals surface area contributed by atoms with Gasteiger partial charge >= 0.3 is 0 Å². The lowest BCUT2D eigenvalue weighted by atomic mass is 9.77. The third kappa shape index (κ3) is 3.11. The van der Waals surface area contributed by atoms with Gasteiger partial charge in [0.15, 0.2) is 0 Å². The Morgan fingerprint density at radius 1 is 0.889 bits per heavy atom. The predicted octanol–water partition coefficient (Wildman–Crippen LogP) is 6.96. The first-order valence-electron chi connectivity index (χ1n) is 9.33. The minimum atomic E-state index is 0.288. The van der Waals surface area contributed by atoms with E-state index in [0.717, 1.165) is 22.9 Å². The molecule has 0 saturated heterocycles. The summed E-state index contributed by atoms with van der Waals surface area (Å²) in [6, 6.07) is 24.8. The number of halogens is 1. The van der Waals surface area contributed by atoms with Crippen LogP contribution in [-0.2, 0) is 0 Å². The van der Waals surface area contributed by atoms with Crippen LogP contribution in [-0.4, -0.2) is 0 Å². The van der Waals surface area contributed by atoms with E-state index in [0.29, 0.717) is 11.8 Å².